The number of benzene rings is 1. The number of anilines is 1. The zero-order chi connectivity index (χ0) is 20.4. The molecule has 1 aliphatic heterocycles. The van der Waals surface area contributed by atoms with Gasteiger partial charge in [0.2, 0.25) is 17.1 Å². The first kappa shape index (κ1) is 19.4. The van der Waals surface area contributed by atoms with Crippen molar-refractivity contribution in [1.82, 2.24) is 0 Å². The quantitative estimate of drug-likeness (QED) is 0.499. The minimum atomic E-state index is -1.19. The van der Waals surface area contributed by atoms with Gasteiger partial charge in [0.15, 0.2) is 5.76 Å². The van der Waals surface area contributed by atoms with E-state index in [9.17, 15) is 25.1 Å². The van der Waals surface area contributed by atoms with Gasteiger partial charge in [-0.25, -0.2) is 4.79 Å². The smallest absolute Gasteiger partial charge is 0.340 e. The largest absolute Gasteiger partial charge is 0.733 e. The predicted octanol–water partition coefficient (Wildman–Crippen LogP) is 1.08. The van der Waals surface area contributed by atoms with Gasteiger partial charge in [-0.1, -0.05) is 18.2 Å². The molecule has 1 atom stereocenters. The number of ether oxygens (including phenoxy) is 2. The fourth-order valence-electron chi connectivity index (χ4n) is 2.99. The number of hydrogen-bond acceptors (Lipinski definition) is 10. The number of nitrogens with two attached hydrogens (primary N) is 1. The summed E-state index contributed by atoms with van der Waals surface area (Å²) in [6.45, 7) is 1.04. The van der Waals surface area contributed by atoms with E-state index in [1.54, 1.807) is 13.0 Å². The maximum Gasteiger partial charge on any atom is 0.340 e. The van der Waals surface area contributed by atoms with Gasteiger partial charge in [-0.3, -0.25) is 10.0 Å². The molecule has 0 amide bonds. The van der Waals surface area contributed by atoms with Gasteiger partial charge >= 0.3 is 5.97 Å². The van der Waals surface area contributed by atoms with Crippen LogP contribution in [0.5, 0.6) is 5.75 Å². The Kier molecular flexibility index (Phi) is 5.36. The number of para-hydroxylation sites is 1. The highest BCUT2D eigenvalue weighted by Crippen LogP contribution is 2.44. The second-order valence-electron chi connectivity index (χ2n) is 5.79. The molecule has 4 N–H and O–H groups in total. The molecular weight excluding hydrogens is 372 g/mol. The lowest BCUT2D eigenvalue weighted by atomic mass is 9.85. The zero-order valence-electron chi connectivity index (χ0n) is 14.7. The Labute approximate surface area is 158 Å². The summed E-state index contributed by atoms with van der Waals surface area (Å²) in [7, 11) is 0. The summed E-state index contributed by atoms with van der Waals surface area (Å²) in [6, 6.07) is 6.84. The van der Waals surface area contributed by atoms with Crippen molar-refractivity contribution in [3.63, 3.8) is 0 Å². The van der Waals surface area contributed by atoms with Gasteiger partial charge in [0.25, 0.3) is 0 Å². The molecule has 10 nitrogen and oxygen atoms in total. The Balaban J connectivity index is 2.33. The van der Waals surface area contributed by atoms with Crippen molar-refractivity contribution in [2.24, 2.45) is 5.73 Å². The fraction of sp³-hybridized carbons (Fsp3) is 0.222. The number of aliphatic hydroxyl groups excluding tert-OH is 1. The number of fused-ring (bicyclic) bond motifs is 1. The van der Waals surface area contributed by atoms with Gasteiger partial charge < -0.3 is 35.2 Å². The van der Waals surface area contributed by atoms with E-state index in [0.29, 0.717) is 0 Å². The van der Waals surface area contributed by atoms with Crippen LogP contribution < -0.4 is 21.1 Å². The van der Waals surface area contributed by atoms with Crippen molar-refractivity contribution in [2.45, 2.75) is 19.4 Å². The molecule has 1 aliphatic rings. The highest BCUT2D eigenvalue weighted by Gasteiger charge is 2.40. The summed E-state index contributed by atoms with van der Waals surface area (Å²) in [4.78, 5) is 24.9. The van der Waals surface area contributed by atoms with Crippen LogP contribution in [-0.4, -0.2) is 22.9 Å². The second kappa shape index (κ2) is 7.72. The third-order valence-electron chi connectivity index (χ3n) is 4.11. The lowest BCUT2D eigenvalue weighted by Crippen LogP contribution is -2.30. The topological polar surface area (TPSA) is 159 Å². The van der Waals surface area contributed by atoms with Crippen molar-refractivity contribution in [1.29, 1.82) is 0 Å². The number of rotatable bonds is 5. The summed E-state index contributed by atoms with van der Waals surface area (Å²) in [5, 5.41) is 30.1. The van der Waals surface area contributed by atoms with Crippen LogP contribution in [-0.2, 0) is 16.1 Å². The monoisotopic (exact) mass is 389 g/mol. The first-order valence-electron chi connectivity index (χ1n) is 8.26. The van der Waals surface area contributed by atoms with Crippen molar-refractivity contribution in [3.05, 3.63) is 74.3 Å². The molecule has 0 saturated heterocycles. The second-order valence-corrected chi connectivity index (χ2v) is 5.79. The lowest BCUT2D eigenvalue weighted by Gasteiger charge is -2.31. The van der Waals surface area contributed by atoms with E-state index in [-0.39, 0.29) is 45.9 Å². The number of carbonyl (C=O) groups excluding carboxylic acids is 1. The molecule has 2 heterocycles. The highest BCUT2D eigenvalue weighted by molar-refractivity contribution is 5.93. The molecule has 0 radical (unpaired) electrons. The SMILES string of the molecule is CCOC(=O)C1=C(N)Oc2c(oc(CO)cc2=O)[C@@H]1c1ccccc1N([O-])O. The molecule has 148 valence electrons. The molecule has 3 rings (SSSR count). The van der Waals surface area contributed by atoms with Crippen LogP contribution in [0.4, 0.5) is 5.69 Å². The molecule has 0 unspecified atom stereocenters. The summed E-state index contributed by atoms with van der Waals surface area (Å²) in [5.41, 5.74) is 4.96. The van der Waals surface area contributed by atoms with Gasteiger partial charge in [-0.05, 0) is 18.6 Å². The first-order valence-corrected chi connectivity index (χ1v) is 8.26. The Morgan fingerprint density at radius 2 is 2.11 bits per heavy atom. The molecule has 0 saturated carbocycles. The molecule has 2 aromatic rings. The maximum absolute atomic E-state index is 12.6. The number of hydrogen-bond donors (Lipinski definition) is 3. The molecule has 10 heteroatoms. The summed E-state index contributed by atoms with van der Waals surface area (Å²) in [6.07, 6.45) is 0. The van der Waals surface area contributed by atoms with E-state index in [4.69, 9.17) is 19.6 Å². The Bertz CT molecular complexity index is 995. The van der Waals surface area contributed by atoms with Gasteiger partial charge in [0.05, 0.1) is 18.2 Å². The van der Waals surface area contributed by atoms with Crippen molar-refractivity contribution < 1.29 is 29.0 Å². The fourth-order valence-corrected chi connectivity index (χ4v) is 2.99. The highest BCUT2D eigenvalue weighted by atomic mass is 16.8. The summed E-state index contributed by atoms with van der Waals surface area (Å²) < 4.78 is 15.9. The molecule has 1 aromatic carbocycles. The molecule has 0 spiro atoms. The van der Waals surface area contributed by atoms with Crippen molar-refractivity contribution in [2.75, 3.05) is 11.8 Å². The third-order valence-corrected chi connectivity index (χ3v) is 4.11. The number of carbonyl (C=O) groups is 1. The number of aliphatic hydroxyl groups is 1. The van der Waals surface area contributed by atoms with E-state index in [0.717, 1.165) is 6.07 Å². The van der Waals surface area contributed by atoms with Crippen LogP contribution >= 0.6 is 0 Å². The lowest BCUT2D eigenvalue weighted by molar-refractivity contribution is -0.139. The molecule has 1 aromatic heterocycles. The zero-order valence-corrected chi connectivity index (χ0v) is 14.7. The minimum Gasteiger partial charge on any atom is -0.733 e. The molecule has 0 fully saturated rings. The van der Waals surface area contributed by atoms with E-state index in [1.165, 1.54) is 18.2 Å². The Hall–Kier alpha value is -3.34. The number of esters is 1. The summed E-state index contributed by atoms with van der Waals surface area (Å²) in [5.74, 6) is -2.97. The number of nitrogens with zero attached hydrogens (tertiary/aromatic N) is 1. The Morgan fingerprint density at radius 1 is 1.39 bits per heavy atom. The molecule has 0 bridgehead atoms. The van der Waals surface area contributed by atoms with Gasteiger partial charge in [0, 0.05) is 6.07 Å². The van der Waals surface area contributed by atoms with Crippen LogP contribution in [0.3, 0.4) is 0 Å². The molecule has 0 aliphatic carbocycles. The van der Waals surface area contributed by atoms with E-state index >= 15 is 0 Å². The molecular formula is C18H17N2O8-. The first-order chi connectivity index (χ1) is 13.4. The normalized spacial score (nSPS) is 15.6. The predicted molar refractivity (Wildman–Crippen MR) is 95.3 cm³/mol. The van der Waals surface area contributed by atoms with E-state index in [1.807, 2.05) is 0 Å². The maximum atomic E-state index is 12.6. The van der Waals surface area contributed by atoms with Crippen LogP contribution in [0.25, 0.3) is 0 Å². The van der Waals surface area contributed by atoms with Crippen LogP contribution in [0, 0.1) is 5.21 Å². The van der Waals surface area contributed by atoms with Crippen LogP contribution in [0.2, 0.25) is 0 Å². The van der Waals surface area contributed by atoms with Gasteiger partial charge in [-0.15, -0.1) is 0 Å². The Morgan fingerprint density at radius 3 is 2.75 bits per heavy atom. The summed E-state index contributed by atoms with van der Waals surface area (Å²) >= 11 is 0. The molecule has 28 heavy (non-hydrogen) atoms. The average molecular weight is 389 g/mol. The van der Waals surface area contributed by atoms with Crippen molar-refractivity contribution >= 4 is 11.7 Å². The van der Waals surface area contributed by atoms with Gasteiger partial charge in [-0.2, -0.15) is 0 Å². The van der Waals surface area contributed by atoms with E-state index in [2.05, 4.69) is 0 Å². The van der Waals surface area contributed by atoms with Gasteiger partial charge in [0.1, 0.15) is 17.9 Å². The van der Waals surface area contributed by atoms with E-state index < -0.39 is 29.8 Å². The standard InChI is InChI=1S/C18H17N2O8/c1-2-26-18(23)14-13(10-5-3-4-6-11(10)20(24)25)16-15(28-17(14)19)12(22)7-9(8-21)27-16/h3-7,13,21,24H,2,8,19H2,1H3/q-1/t13-/m1/s1. The minimum absolute atomic E-state index is 0.0329. The average Bonchev–Trinajstić information content (AvgIpc) is 2.67. The van der Waals surface area contributed by atoms with Crippen LogP contribution in [0.15, 0.2) is 51.0 Å². The van der Waals surface area contributed by atoms with Crippen LogP contribution in [0.1, 0.15) is 29.9 Å². The third kappa shape index (κ3) is 3.31. The van der Waals surface area contributed by atoms with Crippen molar-refractivity contribution in [3.8, 4) is 5.75 Å².